The van der Waals surface area contributed by atoms with E-state index >= 15 is 0 Å². The van der Waals surface area contributed by atoms with Crippen LogP contribution in [0.3, 0.4) is 0 Å². The van der Waals surface area contributed by atoms with Crippen LogP contribution in [0, 0.1) is 5.92 Å². The van der Waals surface area contributed by atoms with Gasteiger partial charge < -0.3 is 10.5 Å². The molecule has 1 aliphatic carbocycles. The molecule has 0 unspecified atom stereocenters. The molecule has 11 heavy (non-hydrogen) atoms. The molecule has 2 N–H and O–H groups in total. The summed E-state index contributed by atoms with van der Waals surface area (Å²) in [4.78, 5) is 0. The molecule has 0 radical (unpaired) electrons. The summed E-state index contributed by atoms with van der Waals surface area (Å²) in [6, 6.07) is 0. The molecule has 1 fully saturated rings. The summed E-state index contributed by atoms with van der Waals surface area (Å²) >= 11 is 0. The summed E-state index contributed by atoms with van der Waals surface area (Å²) in [5.74, 6) is 0.683. The molecule has 2 heteroatoms. The fourth-order valence-corrected chi connectivity index (χ4v) is 2.00. The number of methoxy groups -OCH3 is 1. The molecule has 66 valence electrons. The van der Waals surface area contributed by atoms with E-state index in [0.717, 1.165) is 13.0 Å². The molecular weight excluding hydrogens is 138 g/mol. The van der Waals surface area contributed by atoms with Gasteiger partial charge in [-0.2, -0.15) is 0 Å². The van der Waals surface area contributed by atoms with E-state index in [0.29, 0.717) is 5.92 Å². The summed E-state index contributed by atoms with van der Waals surface area (Å²) in [7, 11) is 1.75. The SMILES string of the molecule is COCC[C@@H]1CCC[C@@]1(C)N. The van der Waals surface area contributed by atoms with Crippen molar-refractivity contribution in [2.45, 2.75) is 38.1 Å². The Kier molecular flexibility index (Phi) is 2.90. The Labute approximate surface area is 69.1 Å². The standard InChI is InChI=1S/C9H19NO/c1-9(10)6-3-4-8(9)5-7-11-2/h8H,3-7,10H2,1-2H3/t8-,9+/m0/s1. The van der Waals surface area contributed by atoms with Crippen LogP contribution >= 0.6 is 0 Å². The van der Waals surface area contributed by atoms with Crippen molar-refractivity contribution < 1.29 is 4.74 Å². The second-order valence-corrected chi connectivity index (χ2v) is 3.88. The zero-order chi connectivity index (χ0) is 8.32. The Balaban J connectivity index is 2.32. The van der Waals surface area contributed by atoms with E-state index in [1.165, 1.54) is 19.3 Å². The number of ether oxygens (including phenoxy) is 1. The van der Waals surface area contributed by atoms with Crippen molar-refractivity contribution in [3.63, 3.8) is 0 Å². The maximum atomic E-state index is 6.11. The molecule has 0 aromatic carbocycles. The van der Waals surface area contributed by atoms with E-state index < -0.39 is 0 Å². The Bertz CT molecular complexity index is 123. The number of rotatable bonds is 3. The zero-order valence-corrected chi connectivity index (χ0v) is 7.60. The second kappa shape index (κ2) is 3.55. The third-order valence-electron chi connectivity index (χ3n) is 2.87. The molecule has 0 aromatic heterocycles. The van der Waals surface area contributed by atoms with Crippen LogP contribution in [0.4, 0.5) is 0 Å². The monoisotopic (exact) mass is 157 g/mol. The van der Waals surface area contributed by atoms with Crippen LogP contribution in [0.2, 0.25) is 0 Å². The maximum absolute atomic E-state index is 6.11. The lowest BCUT2D eigenvalue weighted by molar-refractivity contribution is 0.163. The average molecular weight is 157 g/mol. The van der Waals surface area contributed by atoms with Gasteiger partial charge in [0.05, 0.1) is 0 Å². The molecule has 0 spiro atoms. The van der Waals surface area contributed by atoms with E-state index in [1.54, 1.807) is 7.11 Å². The Morgan fingerprint density at radius 3 is 2.82 bits per heavy atom. The summed E-state index contributed by atoms with van der Waals surface area (Å²) in [6.45, 7) is 3.03. The third kappa shape index (κ3) is 2.17. The van der Waals surface area contributed by atoms with Crippen LogP contribution in [-0.2, 0) is 4.74 Å². The minimum Gasteiger partial charge on any atom is -0.385 e. The van der Waals surface area contributed by atoms with Crippen LogP contribution in [0.1, 0.15) is 32.6 Å². The van der Waals surface area contributed by atoms with Crippen molar-refractivity contribution >= 4 is 0 Å². The van der Waals surface area contributed by atoms with Crippen molar-refractivity contribution in [1.82, 2.24) is 0 Å². The van der Waals surface area contributed by atoms with Gasteiger partial charge in [0.1, 0.15) is 0 Å². The first-order chi connectivity index (χ1) is 5.17. The summed E-state index contributed by atoms with van der Waals surface area (Å²) < 4.78 is 5.04. The Hall–Kier alpha value is -0.0800. The summed E-state index contributed by atoms with van der Waals surface area (Å²) in [5, 5.41) is 0. The van der Waals surface area contributed by atoms with Crippen molar-refractivity contribution in [2.24, 2.45) is 11.7 Å². The largest absolute Gasteiger partial charge is 0.385 e. The van der Waals surface area contributed by atoms with Gasteiger partial charge >= 0.3 is 0 Å². The molecule has 2 nitrogen and oxygen atoms in total. The molecule has 0 saturated heterocycles. The molecule has 0 heterocycles. The molecule has 0 aliphatic heterocycles. The fourth-order valence-electron chi connectivity index (χ4n) is 2.00. The smallest absolute Gasteiger partial charge is 0.0465 e. The molecule has 2 atom stereocenters. The fraction of sp³-hybridized carbons (Fsp3) is 1.00. The van der Waals surface area contributed by atoms with Crippen molar-refractivity contribution in [3.8, 4) is 0 Å². The van der Waals surface area contributed by atoms with Gasteiger partial charge in [0.2, 0.25) is 0 Å². The average Bonchev–Trinajstić information content (AvgIpc) is 2.25. The minimum atomic E-state index is 0.0819. The predicted octanol–water partition coefficient (Wildman–Crippen LogP) is 1.54. The molecular formula is C9H19NO. The quantitative estimate of drug-likeness (QED) is 0.674. The number of hydrogen-bond donors (Lipinski definition) is 1. The van der Waals surface area contributed by atoms with E-state index in [-0.39, 0.29) is 5.54 Å². The molecule has 1 aliphatic rings. The second-order valence-electron chi connectivity index (χ2n) is 3.88. The van der Waals surface area contributed by atoms with Gasteiger partial charge in [-0.05, 0) is 32.1 Å². The lowest BCUT2D eigenvalue weighted by Gasteiger charge is -2.26. The van der Waals surface area contributed by atoms with Crippen LogP contribution < -0.4 is 5.73 Å². The minimum absolute atomic E-state index is 0.0819. The highest BCUT2D eigenvalue weighted by atomic mass is 16.5. The topological polar surface area (TPSA) is 35.2 Å². The van der Waals surface area contributed by atoms with Gasteiger partial charge in [-0.1, -0.05) is 6.42 Å². The van der Waals surface area contributed by atoms with Crippen LogP contribution in [0.25, 0.3) is 0 Å². The van der Waals surface area contributed by atoms with Crippen LogP contribution in [0.15, 0.2) is 0 Å². The molecule has 0 aromatic rings. The third-order valence-corrected chi connectivity index (χ3v) is 2.87. The van der Waals surface area contributed by atoms with Crippen LogP contribution in [0.5, 0.6) is 0 Å². The van der Waals surface area contributed by atoms with E-state index in [2.05, 4.69) is 6.92 Å². The van der Waals surface area contributed by atoms with Gasteiger partial charge in [0.15, 0.2) is 0 Å². The zero-order valence-electron chi connectivity index (χ0n) is 7.60. The summed E-state index contributed by atoms with van der Waals surface area (Å²) in [6.07, 6.45) is 4.89. The predicted molar refractivity (Wildman–Crippen MR) is 46.4 cm³/mol. The lowest BCUT2D eigenvalue weighted by Crippen LogP contribution is -2.40. The highest BCUT2D eigenvalue weighted by Crippen LogP contribution is 2.35. The Morgan fingerprint density at radius 2 is 2.36 bits per heavy atom. The van der Waals surface area contributed by atoms with E-state index in [9.17, 15) is 0 Å². The highest BCUT2D eigenvalue weighted by molar-refractivity contribution is 4.92. The molecule has 1 saturated carbocycles. The molecule has 0 amide bonds. The molecule has 0 bridgehead atoms. The van der Waals surface area contributed by atoms with Gasteiger partial charge in [-0.15, -0.1) is 0 Å². The maximum Gasteiger partial charge on any atom is 0.0465 e. The first-order valence-electron chi connectivity index (χ1n) is 4.44. The van der Waals surface area contributed by atoms with Gasteiger partial charge in [0, 0.05) is 19.3 Å². The summed E-state index contributed by atoms with van der Waals surface area (Å²) in [5.41, 5.74) is 6.19. The van der Waals surface area contributed by atoms with E-state index in [1.807, 2.05) is 0 Å². The lowest BCUT2D eigenvalue weighted by atomic mass is 9.88. The van der Waals surface area contributed by atoms with Crippen molar-refractivity contribution in [1.29, 1.82) is 0 Å². The van der Waals surface area contributed by atoms with Gasteiger partial charge in [-0.25, -0.2) is 0 Å². The van der Waals surface area contributed by atoms with Crippen LogP contribution in [-0.4, -0.2) is 19.3 Å². The number of hydrogen-bond acceptors (Lipinski definition) is 2. The van der Waals surface area contributed by atoms with E-state index in [4.69, 9.17) is 10.5 Å². The number of nitrogens with two attached hydrogens (primary N) is 1. The highest BCUT2D eigenvalue weighted by Gasteiger charge is 2.34. The van der Waals surface area contributed by atoms with Crippen molar-refractivity contribution in [2.75, 3.05) is 13.7 Å². The Morgan fingerprint density at radius 1 is 1.64 bits per heavy atom. The molecule has 1 rings (SSSR count). The van der Waals surface area contributed by atoms with Crippen molar-refractivity contribution in [3.05, 3.63) is 0 Å². The van der Waals surface area contributed by atoms with Gasteiger partial charge in [-0.3, -0.25) is 0 Å². The first-order valence-corrected chi connectivity index (χ1v) is 4.44. The van der Waals surface area contributed by atoms with Gasteiger partial charge in [0.25, 0.3) is 0 Å². The normalized spacial score (nSPS) is 37.9. The first kappa shape index (κ1) is 9.01.